The molecule has 6 nitrogen and oxygen atoms in total. The summed E-state index contributed by atoms with van der Waals surface area (Å²) >= 11 is 0. The van der Waals surface area contributed by atoms with Crippen LogP contribution in [0.5, 0.6) is 5.75 Å². The number of rotatable bonds is 5. The van der Waals surface area contributed by atoms with E-state index in [0.29, 0.717) is 36.4 Å². The fourth-order valence-corrected chi connectivity index (χ4v) is 3.39. The van der Waals surface area contributed by atoms with Crippen molar-refractivity contribution in [3.8, 4) is 5.75 Å². The molecule has 0 bridgehead atoms. The summed E-state index contributed by atoms with van der Waals surface area (Å²) in [6.07, 6.45) is 1.61. The minimum atomic E-state index is -0.476. The number of nitrogens with zero attached hydrogens (tertiary/aromatic N) is 2. The number of aromatic nitrogens is 1. The Morgan fingerprint density at radius 3 is 2.54 bits per heavy atom. The lowest BCUT2D eigenvalue weighted by molar-refractivity contribution is -0.127. The number of ether oxygens (including phenoxy) is 1. The summed E-state index contributed by atoms with van der Waals surface area (Å²) in [6, 6.07) is 15.4. The van der Waals surface area contributed by atoms with Crippen LogP contribution in [0.1, 0.15) is 15.9 Å². The normalized spacial score (nSPS) is 15.0. The van der Waals surface area contributed by atoms with Crippen LogP contribution in [0.3, 0.4) is 0 Å². The van der Waals surface area contributed by atoms with Gasteiger partial charge in [0.05, 0.1) is 5.56 Å². The van der Waals surface area contributed by atoms with Crippen LogP contribution in [0.25, 0.3) is 10.9 Å². The lowest BCUT2D eigenvalue weighted by Gasteiger charge is -2.31. The lowest BCUT2D eigenvalue weighted by atomic mass is 10.1. The Hall–Kier alpha value is -3.12. The van der Waals surface area contributed by atoms with Crippen LogP contribution in [-0.4, -0.2) is 59.7 Å². The van der Waals surface area contributed by atoms with Crippen LogP contribution in [0.15, 0.2) is 54.7 Å². The number of carbonyl (C=O) groups excluding carboxylic acids is 2. The third-order valence-corrected chi connectivity index (χ3v) is 5.13. The number of fused-ring (bicyclic) bond motifs is 1. The van der Waals surface area contributed by atoms with Crippen LogP contribution in [0, 0.1) is 0 Å². The molecule has 1 saturated heterocycles. The topological polar surface area (TPSA) is 65.6 Å². The molecule has 0 unspecified atom stereocenters. The Morgan fingerprint density at radius 1 is 1.04 bits per heavy atom. The Labute approximate surface area is 163 Å². The molecule has 1 N–H and O–H groups in total. The summed E-state index contributed by atoms with van der Waals surface area (Å²) in [7, 11) is 2.01. The molecule has 144 valence electrons. The van der Waals surface area contributed by atoms with E-state index in [-0.39, 0.29) is 0 Å². The van der Waals surface area contributed by atoms with Gasteiger partial charge in [-0.2, -0.15) is 0 Å². The summed E-state index contributed by atoms with van der Waals surface area (Å²) < 4.78 is 5.87. The molecular weight excluding hydrogens is 354 g/mol. The number of likely N-dealkylation sites (N-methyl/N-ethyl adjacent to an activating group) is 1. The molecule has 0 radical (unpaired) electrons. The van der Waals surface area contributed by atoms with Gasteiger partial charge in [0.1, 0.15) is 12.4 Å². The molecule has 2 aromatic carbocycles. The van der Waals surface area contributed by atoms with Crippen LogP contribution in [-0.2, 0) is 11.4 Å². The summed E-state index contributed by atoms with van der Waals surface area (Å²) in [5, 5.41) is 0.707. The lowest BCUT2D eigenvalue weighted by Crippen LogP contribution is -2.49. The van der Waals surface area contributed by atoms with Crippen molar-refractivity contribution in [3.63, 3.8) is 0 Å². The molecule has 2 heterocycles. The molecule has 0 atom stereocenters. The highest BCUT2D eigenvalue weighted by molar-refractivity contribution is 6.44. The number of aromatic amines is 1. The van der Waals surface area contributed by atoms with E-state index >= 15 is 0 Å². The van der Waals surface area contributed by atoms with Crippen LogP contribution >= 0.6 is 0 Å². The van der Waals surface area contributed by atoms with Crippen molar-refractivity contribution in [2.24, 2.45) is 0 Å². The third kappa shape index (κ3) is 3.77. The number of benzene rings is 2. The number of amides is 1. The average molecular weight is 377 g/mol. The van der Waals surface area contributed by atoms with E-state index in [9.17, 15) is 9.59 Å². The fourth-order valence-electron chi connectivity index (χ4n) is 3.39. The zero-order chi connectivity index (χ0) is 19.5. The van der Waals surface area contributed by atoms with Gasteiger partial charge in [-0.3, -0.25) is 9.59 Å². The molecule has 1 aliphatic heterocycles. The molecule has 4 rings (SSSR count). The number of Topliss-reactive ketones (excluding diaryl/α,β-unsaturated/α-hetero) is 1. The van der Waals surface area contributed by atoms with Gasteiger partial charge in [-0.1, -0.05) is 30.3 Å². The highest BCUT2D eigenvalue weighted by Crippen LogP contribution is 2.25. The molecule has 0 aliphatic carbocycles. The average Bonchev–Trinajstić information content (AvgIpc) is 3.16. The van der Waals surface area contributed by atoms with Gasteiger partial charge >= 0.3 is 0 Å². The van der Waals surface area contributed by atoms with Crippen molar-refractivity contribution < 1.29 is 14.3 Å². The largest absolute Gasteiger partial charge is 0.489 e. The maximum atomic E-state index is 12.8. The third-order valence-electron chi connectivity index (χ3n) is 5.13. The number of nitrogens with one attached hydrogen (secondary N) is 1. The maximum Gasteiger partial charge on any atom is 0.295 e. The quantitative estimate of drug-likeness (QED) is 0.548. The van der Waals surface area contributed by atoms with E-state index in [1.54, 1.807) is 11.1 Å². The zero-order valence-electron chi connectivity index (χ0n) is 15.9. The van der Waals surface area contributed by atoms with Crippen molar-refractivity contribution in [1.82, 2.24) is 14.8 Å². The molecule has 6 heteroatoms. The van der Waals surface area contributed by atoms with Gasteiger partial charge < -0.3 is 19.5 Å². The number of hydrogen-bond acceptors (Lipinski definition) is 4. The molecule has 28 heavy (non-hydrogen) atoms. The Kier molecular flexibility index (Phi) is 5.12. The number of carbonyl (C=O) groups is 2. The molecule has 1 fully saturated rings. The number of hydrogen-bond donors (Lipinski definition) is 1. The Morgan fingerprint density at radius 2 is 1.79 bits per heavy atom. The zero-order valence-corrected chi connectivity index (χ0v) is 15.9. The van der Waals surface area contributed by atoms with Gasteiger partial charge in [0, 0.05) is 43.3 Å². The number of H-pyrrole nitrogens is 1. The second-order valence-electron chi connectivity index (χ2n) is 7.11. The van der Waals surface area contributed by atoms with Gasteiger partial charge in [0.25, 0.3) is 11.7 Å². The highest BCUT2D eigenvalue weighted by atomic mass is 16.5. The molecule has 3 aromatic rings. The van der Waals surface area contributed by atoms with E-state index in [2.05, 4.69) is 9.88 Å². The van der Waals surface area contributed by atoms with Crippen LogP contribution < -0.4 is 4.74 Å². The van der Waals surface area contributed by atoms with E-state index in [0.717, 1.165) is 24.2 Å². The van der Waals surface area contributed by atoms with Crippen molar-refractivity contribution in [2.45, 2.75) is 6.61 Å². The Bertz CT molecular complexity index is 989. The van der Waals surface area contributed by atoms with E-state index < -0.39 is 11.7 Å². The predicted molar refractivity (Wildman–Crippen MR) is 107 cm³/mol. The van der Waals surface area contributed by atoms with Crippen molar-refractivity contribution in [2.75, 3.05) is 33.2 Å². The first-order chi connectivity index (χ1) is 13.6. The molecule has 1 aliphatic rings. The van der Waals surface area contributed by atoms with Gasteiger partial charge in [-0.05, 0) is 30.8 Å². The number of piperazine rings is 1. The fraction of sp³-hybridized carbons (Fsp3) is 0.273. The van der Waals surface area contributed by atoms with Gasteiger partial charge in [-0.15, -0.1) is 0 Å². The van der Waals surface area contributed by atoms with Gasteiger partial charge in [0.2, 0.25) is 0 Å². The first-order valence-corrected chi connectivity index (χ1v) is 9.42. The Balaban J connectivity index is 1.52. The second-order valence-corrected chi connectivity index (χ2v) is 7.11. The second kappa shape index (κ2) is 7.86. The maximum absolute atomic E-state index is 12.8. The van der Waals surface area contributed by atoms with Crippen LogP contribution in [0.2, 0.25) is 0 Å². The minimum Gasteiger partial charge on any atom is -0.489 e. The highest BCUT2D eigenvalue weighted by Gasteiger charge is 2.27. The van der Waals surface area contributed by atoms with Gasteiger partial charge in [-0.25, -0.2) is 0 Å². The predicted octanol–water partition coefficient (Wildman–Crippen LogP) is 2.70. The van der Waals surface area contributed by atoms with Gasteiger partial charge in [0.15, 0.2) is 0 Å². The first-order valence-electron chi connectivity index (χ1n) is 9.42. The van der Waals surface area contributed by atoms with E-state index in [1.807, 2.05) is 55.6 Å². The van der Waals surface area contributed by atoms with E-state index in [4.69, 9.17) is 4.74 Å². The van der Waals surface area contributed by atoms with E-state index in [1.165, 1.54) is 0 Å². The minimum absolute atomic E-state index is 0.393. The summed E-state index contributed by atoms with van der Waals surface area (Å²) in [6.45, 7) is 3.17. The first kappa shape index (κ1) is 18.3. The smallest absolute Gasteiger partial charge is 0.295 e. The molecule has 0 spiro atoms. The summed E-state index contributed by atoms with van der Waals surface area (Å²) in [5.74, 6) is -0.252. The summed E-state index contributed by atoms with van der Waals surface area (Å²) in [5.41, 5.74) is 2.27. The molecular formula is C22H23N3O3. The van der Waals surface area contributed by atoms with Crippen molar-refractivity contribution >= 4 is 22.6 Å². The monoisotopic (exact) mass is 377 g/mol. The summed E-state index contributed by atoms with van der Waals surface area (Å²) in [4.78, 5) is 32.3. The van der Waals surface area contributed by atoms with Crippen molar-refractivity contribution in [1.29, 1.82) is 0 Å². The SMILES string of the molecule is CN1CCN(C(=O)C(=O)c2c[nH]c3ccc(OCc4ccccc4)cc23)CC1. The standard InChI is InChI=1S/C22H23N3O3/c1-24-9-11-25(12-10-24)22(27)21(26)19-14-23-20-8-7-17(13-18(19)20)28-15-16-5-3-2-4-6-16/h2-8,13-14,23H,9-12,15H2,1H3. The molecule has 1 amide bonds. The van der Waals surface area contributed by atoms with Crippen molar-refractivity contribution in [3.05, 3.63) is 65.9 Å². The van der Waals surface area contributed by atoms with Crippen LogP contribution in [0.4, 0.5) is 0 Å². The molecule has 0 saturated carbocycles. The number of ketones is 1. The molecule has 1 aromatic heterocycles.